The van der Waals surface area contributed by atoms with Gasteiger partial charge in [0.2, 0.25) is 0 Å². The Morgan fingerprint density at radius 1 is 1.36 bits per heavy atom. The van der Waals surface area contributed by atoms with Crippen LogP contribution in [0, 0.1) is 11.7 Å². The van der Waals surface area contributed by atoms with Crippen LogP contribution in [0.3, 0.4) is 0 Å². The molecule has 0 aromatic heterocycles. The number of hydrogen-bond donors (Lipinski definition) is 1. The Labute approximate surface area is 140 Å². The molecule has 22 heavy (non-hydrogen) atoms. The van der Waals surface area contributed by atoms with Crippen molar-refractivity contribution in [1.82, 2.24) is 4.90 Å². The van der Waals surface area contributed by atoms with E-state index in [1.54, 1.807) is 0 Å². The van der Waals surface area contributed by atoms with E-state index in [-0.39, 0.29) is 24.1 Å². The van der Waals surface area contributed by atoms with Crippen molar-refractivity contribution >= 4 is 21.6 Å². The van der Waals surface area contributed by atoms with Crippen LogP contribution in [0.25, 0.3) is 0 Å². The summed E-state index contributed by atoms with van der Waals surface area (Å²) >= 11 is 3.41. The number of halogens is 2. The first-order chi connectivity index (χ1) is 10.5. The lowest BCUT2D eigenvalue weighted by Gasteiger charge is -2.45. The van der Waals surface area contributed by atoms with E-state index < -0.39 is 0 Å². The van der Waals surface area contributed by atoms with Gasteiger partial charge in [-0.3, -0.25) is 0 Å². The predicted molar refractivity (Wildman–Crippen MR) is 90.7 cm³/mol. The molecule has 0 spiro atoms. The fraction of sp³-hybridized carbons (Fsp3) is 0.647. The Bertz CT molecular complexity index is 552. The predicted octanol–water partition coefficient (Wildman–Crippen LogP) is 4.19. The standard InChI is InChI=1S/C17H24BrFN2O/c1-4-15-12-6-5-11(9-21(2)3)22-17(12)13-7-10(18)8-14(19)16(13)20-15/h7-8,11-12,15,17,20H,4-6,9H2,1-3H3/t11-,12+,15+,17+/m1/s1. The fourth-order valence-corrected chi connectivity index (χ4v) is 4.28. The fourth-order valence-electron chi connectivity index (χ4n) is 3.83. The molecule has 2 aliphatic rings. The van der Waals surface area contributed by atoms with Crippen LogP contribution in [-0.4, -0.2) is 37.7 Å². The monoisotopic (exact) mass is 370 g/mol. The van der Waals surface area contributed by atoms with Crippen LogP contribution in [0.4, 0.5) is 10.1 Å². The molecule has 0 saturated carbocycles. The molecule has 0 unspecified atom stereocenters. The summed E-state index contributed by atoms with van der Waals surface area (Å²) in [5.74, 6) is 0.226. The first kappa shape index (κ1) is 16.2. The third-order valence-electron chi connectivity index (χ3n) is 4.80. The van der Waals surface area contributed by atoms with Gasteiger partial charge in [0.25, 0.3) is 0 Å². The molecule has 1 fully saturated rings. The summed E-state index contributed by atoms with van der Waals surface area (Å²) in [6.07, 6.45) is 3.40. The molecule has 2 heterocycles. The Morgan fingerprint density at radius 2 is 2.14 bits per heavy atom. The number of nitrogens with one attached hydrogen (secondary N) is 1. The molecule has 1 aromatic carbocycles. The first-order valence-electron chi connectivity index (χ1n) is 8.05. The number of nitrogens with zero attached hydrogens (tertiary/aromatic N) is 1. The van der Waals surface area contributed by atoms with Gasteiger partial charge in [0.1, 0.15) is 5.82 Å². The normalized spacial score (nSPS) is 30.6. The Balaban J connectivity index is 1.94. The molecular weight excluding hydrogens is 347 g/mol. The van der Waals surface area contributed by atoms with Crippen LogP contribution in [0.5, 0.6) is 0 Å². The highest BCUT2D eigenvalue weighted by molar-refractivity contribution is 9.10. The van der Waals surface area contributed by atoms with Crippen LogP contribution in [-0.2, 0) is 4.74 Å². The molecule has 3 nitrogen and oxygen atoms in total. The van der Waals surface area contributed by atoms with Crippen LogP contribution in [0.15, 0.2) is 16.6 Å². The number of benzene rings is 1. The largest absolute Gasteiger partial charge is 0.379 e. The first-order valence-corrected chi connectivity index (χ1v) is 8.84. The molecule has 0 amide bonds. The molecule has 0 bridgehead atoms. The highest BCUT2D eigenvalue weighted by Gasteiger charge is 2.42. The maximum Gasteiger partial charge on any atom is 0.147 e. The van der Waals surface area contributed by atoms with Gasteiger partial charge in [-0.1, -0.05) is 22.9 Å². The van der Waals surface area contributed by atoms with E-state index in [0.717, 1.165) is 35.8 Å². The second kappa shape index (κ2) is 6.46. The molecule has 3 rings (SSSR count). The Morgan fingerprint density at radius 3 is 2.82 bits per heavy atom. The smallest absolute Gasteiger partial charge is 0.147 e. The highest BCUT2D eigenvalue weighted by atomic mass is 79.9. The van der Waals surface area contributed by atoms with Crippen molar-refractivity contribution in [1.29, 1.82) is 0 Å². The molecule has 122 valence electrons. The molecule has 1 N–H and O–H groups in total. The quantitative estimate of drug-likeness (QED) is 0.862. The lowest BCUT2D eigenvalue weighted by Crippen LogP contribution is -2.45. The van der Waals surface area contributed by atoms with Crippen LogP contribution < -0.4 is 5.32 Å². The average Bonchev–Trinajstić information content (AvgIpc) is 2.46. The van der Waals surface area contributed by atoms with E-state index in [2.05, 4.69) is 47.2 Å². The SMILES string of the molecule is CC[C@@H]1Nc2c(F)cc(Br)cc2[C@H]2O[C@@H](CN(C)C)CC[C@@H]12. The number of ether oxygens (including phenoxy) is 1. The van der Waals surface area contributed by atoms with E-state index in [4.69, 9.17) is 4.74 Å². The van der Waals surface area contributed by atoms with E-state index in [1.807, 2.05) is 6.07 Å². The van der Waals surface area contributed by atoms with Gasteiger partial charge in [-0.15, -0.1) is 0 Å². The van der Waals surface area contributed by atoms with Gasteiger partial charge in [-0.2, -0.15) is 0 Å². The van der Waals surface area contributed by atoms with E-state index in [9.17, 15) is 4.39 Å². The summed E-state index contributed by atoms with van der Waals surface area (Å²) in [6.45, 7) is 3.07. The zero-order chi connectivity index (χ0) is 15.9. The molecule has 0 radical (unpaired) electrons. The second-order valence-electron chi connectivity index (χ2n) is 6.69. The van der Waals surface area contributed by atoms with Crippen molar-refractivity contribution < 1.29 is 9.13 Å². The van der Waals surface area contributed by atoms with Gasteiger partial charge < -0.3 is 15.0 Å². The van der Waals surface area contributed by atoms with Gasteiger partial charge in [0, 0.05) is 28.5 Å². The lowest BCUT2D eigenvalue weighted by atomic mass is 9.78. The average molecular weight is 371 g/mol. The number of rotatable bonds is 3. The summed E-state index contributed by atoms with van der Waals surface area (Å²) in [4.78, 5) is 2.16. The zero-order valence-electron chi connectivity index (χ0n) is 13.4. The maximum atomic E-state index is 14.4. The van der Waals surface area contributed by atoms with Crippen molar-refractivity contribution in [2.24, 2.45) is 5.92 Å². The number of anilines is 1. The van der Waals surface area contributed by atoms with E-state index in [0.29, 0.717) is 11.6 Å². The number of hydrogen-bond acceptors (Lipinski definition) is 3. The van der Waals surface area contributed by atoms with Crippen molar-refractivity contribution in [2.45, 2.75) is 44.4 Å². The maximum absolute atomic E-state index is 14.4. The minimum Gasteiger partial charge on any atom is -0.379 e. The van der Waals surface area contributed by atoms with Crippen LogP contribution in [0.1, 0.15) is 37.9 Å². The van der Waals surface area contributed by atoms with Gasteiger partial charge in [-0.25, -0.2) is 4.39 Å². The molecule has 4 atom stereocenters. The van der Waals surface area contributed by atoms with Crippen molar-refractivity contribution in [3.63, 3.8) is 0 Å². The Hall–Kier alpha value is -0.650. The minimum absolute atomic E-state index is 0.00750. The van der Waals surface area contributed by atoms with Gasteiger partial charge in [0.15, 0.2) is 0 Å². The molecular formula is C17H24BrFN2O. The van der Waals surface area contributed by atoms with Gasteiger partial charge in [0.05, 0.1) is 17.9 Å². The van der Waals surface area contributed by atoms with Crippen LogP contribution >= 0.6 is 15.9 Å². The number of likely N-dealkylation sites (N-methyl/N-ethyl adjacent to an activating group) is 1. The minimum atomic E-state index is -0.195. The summed E-state index contributed by atoms with van der Waals surface area (Å²) in [5.41, 5.74) is 1.59. The van der Waals surface area contributed by atoms with Gasteiger partial charge in [-0.05, 0) is 45.5 Å². The molecule has 1 saturated heterocycles. The third kappa shape index (κ3) is 3.03. The summed E-state index contributed by atoms with van der Waals surface area (Å²) in [6, 6.07) is 3.82. The van der Waals surface area contributed by atoms with Crippen molar-refractivity contribution in [3.8, 4) is 0 Å². The van der Waals surface area contributed by atoms with Crippen LogP contribution in [0.2, 0.25) is 0 Å². The molecule has 5 heteroatoms. The Kier molecular flexibility index (Phi) is 4.76. The lowest BCUT2D eigenvalue weighted by molar-refractivity contribution is -0.0992. The van der Waals surface area contributed by atoms with Crippen molar-refractivity contribution in [2.75, 3.05) is 26.0 Å². The molecule has 0 aliphatic carbocycles. The third-order valence-corrected chi connectivity index (χ3v) is 5.25. The van der Waals surface area contributed by atoms with Gasteiger partial charge >= 0.3 is 0 Å². The second-order valence-corrected chi connectivity index (χ2v) is 7.61. The van der Waals surface area contributed by atoms with Crippen molar-refractivity contribution in [3.05, 3.63) is 28.0 Å². The highest BCUT2D eigenvalue weighted by Crippen LogP contribution is 2.47. The summed E-state index contributed by atoms with van der Waals surface area (Å²) < 4.78 is 21.5. The molecule has 2 aliphatic heterocycles. The van der Waals surface area contributed by atoms with E-state index >= 15 is 0 Å². The topological polar surface area (TPSA) is 24.5 Å². The zero-order valence-corrected chi connectivity index (χ0v) is 15.0. The summed E-state index contributed by atoms with van der Waals surface area (Å²) in [7, 11) is 4.13. The summed E-state index contributed by atoms with van der Waals surface area (Å²) in [5, 5.41) is 3.41. The molecule has 1 aromatic rings. The van der Waals surface area contributed by atoms with E-state index in [1.165, 1.54) is 6.07 Å². The number of fused-ring (bicyclic) bond motifs is 3.